The van der Waals surface area contributed by atoms with E-state index in [2.05, 4.69) is 32.7 Å². The third-order valence-electron chi connectivity index (χ3n) is 6.47. The first-order valence-electron chi connectivity index (χ1n) is 11.2. The van der Waals surface area contributed by atoms with Crippen molar-refractivity contribution in [2.75, 3.05) is 60.2 Å². The first-order valence-corrected chi connectivity index (χ1v) is 11.2. The van der Waals surface area contributed by atoms with Crippen LogP contribution in [0.3, 0.4) is 0 Å². The summed E-state index contributed by atoms with van der Waals surface area (Å²) in [5.41, 5.74) is 1.20. The zero-order chi connectivity index (χ0) is 21.2. The molecule has 168 valence electrons. The van der Waals surface area contributed by atoms with E-state index >= 15 is 0 Å². The van der Waals surface area contributed by atoms with E-state index in [1.807, 2.05) is 12.1 Å². The standard InChI is InChI=1S/C23H38N4O3/c1-24-22(26-17-23(10-14-28)11-15-30-18-23)25-16-20(27-12-6-3-7-13-27)19-8-4-5-9-21(19)29-2/h4-5,8-9,20,28H,3,6-7,10-18H2,1-2H3,(H2,24,25,26). The molecule has 0 aliphatic carbocycles. The van der Waals surface area contributed by atoms with Crippen molar-refractivity contribution in [3.63, 3.8) is 0 Å². The number of rotatable bonds is 9. The molecule has 0 radical (unpaired) electrons. The lowest BCUT2D eigenvalue weighted by Crippen LogP contribution is -2.47. The van der Waals surface area contributed by atoms with E-state index < -0.39 is 0 Å². The SMILES string of the molecule is CN=C(NCC(c1ccccc1OC)N1CCCCC1)NCC1(CCO)CCOC1. The van der Waals surface area contributed by atoms with Gasteiger partial charge in [0, 0.05) is 44.3 Å². The minimum absolute atomic E-state index is 0.0126. The highest BCUT2D eigenvalue weighted by molar-refractivity contribution is 5.79. The molecule has 1 aromatic rings. The number of hydrogen-bond donors (Lipinski definition) is 3. The number of hydrogen-bond acceptors (Lipinski definition) is 5. The largest absolute Gasteiger partial charge is 0.496 e. The number of nitrogens with one attached hydrogen (secondary N) is 2. The first kappa shape index (κ1) is 22.8. The van der Waals surface area contributed by atoms with Crippen molar-refractivity contribution in [3.8, 4) is 5.75 Å². The van der Waals surface area contributed by atoms with Gasteiger partial charge in [-0.15, -0.1) is 0 Å². The van der Waals surface area contributed by atoms with Crippen LogP contribution in [0.4, 0.5) is 0 Å². The monoisotopic (exact) mass is 418 g/mol. The number of methoxy groups -OCH3 is 1. The molecule has 2 atom stereocenters. The lowest BCUT2D eigenvalue weighted by molar-refractivity contribution is 0.127. The smallest absolute Gasteiger partial charge is 0.191 e. The second-order valence-corrected chi connectivity index (χ2v) is 8.44. The number of guanidine groups is 1. The number of nitrogens with zero attached hydrogens (tertiary/aromatic N) is 2. The van der Waals surface area contributed by atoms with Gasteiger partial charge in [-0.05, 0) is 44.8 Å². The van der Waals surface area contributed by atoms with E-state index in [-0.39, 0.29) is 18.1 Å². The number of ether oxygens (including phenoxy) is 2. The summed E-state index contributed by atoms with van der Waals surface area (Å²) >= 11 is 0. The molecular weight excluding hydrogens is 380 g/mol. The molecule has 2 heterocycles. The van der Waals surface area contributed by atoms with Gasteiger partial charge >= 0.3 is 0 Å². The molecule has 30 heavy (non-hydrogen) atoms. The summed E-state index contributed by atoms with van der Waals surface area (Å²) in [5.74, 6) is 1.72. The molecule has 0 amide bonds. The van der Waals surface area contributed by atoms with Gasteiger partial charge in [0.05, 0.1) is 19.8 Å². The van der Waals surface area contributed by atoms with Crippen LogP contribution >= 0.6 is 0 Å². The quantitative estimate of drug-likeness (QED) is 0.421. The predicted molar refractivity (Wildman–Crippen MR) is 120 cm³/mol. The number of aliphatic hydroxyl groups is 1. The van der Waals surface area contributed by atoms with Gasteiger partial charge in [0.15, 0.2) is 5.96 Å². The van der Waals surface area contributed by atoms with E-state index in [0.29, 0.717) is 6.61 Å². The third kappa shape index (κ3) is 5.86. The molecule has 0 saturated carbocycles. The second kappa shape index (κ2) is 11.5. The van der Waals surface area contributed by atoms with Crippen LogP contribution < -0.4 is 15.4 Å². The summed E-state index contributed by atoms with van der Waals surface area (Å²) in [6.45, 7) is 5.34. The average Bonchev–Trinajstić information content (AvgIpc) is 3.26. The Morgan fingerprint density at radius 1 is 1.27 bits per heavy atom. The summed E-state index contributed by atoms with van der Waals surface area (Å²) in [7, 11) is 3.54. The molecule has 3 N–H and O–H groups in total. The molecule has 0 bridgehead atoms. The molecule has 2 unspecified atom stereocenters. The highest BCUT2D eigenvalue weighted by Crippen LogP contribution is 2.32. The first-order chi connectivity index (χ1) is 14.7. The number of aliphatic hydroxyl groups excluding tert-OH is 1. The normalized spacial score (nSPS) is 23.9. The van der Waals surface area contributed by atoms with Gasteiger partial charge in [-0.2, -0.15) is 0 Å². The summed E-state index contributed by atoms with van der Waals surface area (Å²) in [5, 5.41) is 16.5. The maximum absolute atomic E-state index is 9.46. The molecule has 1 aromatic carbocycles. The van der Waals surface area contributed by atoms with Crippen LogP contribution in [0, 0.1) is 5.41 Å². The molecule has 2 aliphatic rings. The Balaban J connectivity index is 1.66. The van der Waals surface area contributed by atoms with Gasteiger partial charge in [0.1, 0.15) is 5.75 Å². The molecular formula is C23H38N4O3. The topological polar surface area (TPSA) is 78.4 Å². The van der Waals surface area contributed by atoms with E-state index in [0.717, 1.165) is 57.3 Å². The molecule has 2 aliphatic heterocycles. The fraction of sp³-hybridized carbons (Fsp3) is 0.696. The summed E-state index contributed by atoms with van der Waals surface area (Å²) in [6, 6.07) is 8.54. The van der Waals surface area contributed by atoms with E-state index in [9.17, 15) is 5.11 Å². The maximum Gasteiger partial charge on any atom is 0.191 e. The Hall–Kier alpha value is -1.83. The Bertz CT molecular complexity index is 670. The molecule has 2 fully saturated rings. The lowest BCUT2D eigenvalue weighted by Gasteiger charge is -2.36. The van der Waals surface area contributed by atoms with Crippen molar-refractivity contribution in [1.82, 2.24) is 15.5 Å². The molecule has 0 aromatic heterocycles. The van der Waals surface area contributed by atoms with Gasteiger partial charge in [0.2, 0.25) is 0 Å². The number of para-hydroxylation sites is 1. The highest BCUT2D eigenvalue weighted by Gasteiger charge is 2.34. The minimum Gasteiger partial charge on any atom is -0.496 e. The predicted octanol–water partition coefficient (Wildman–Crippen LogP) is 2.18. The van der Waals surface area contributed by atoms with Crippen LogP contribution in [0.15, 0.2) is 29.3 Å². The summed E-state index contributed by atoms with van der Waals surface area (Å²) in [6.07, 6.45) is 5.50. The van der Waals surface area contributed by atoms with Crippen molar-refractivity contribution in [2.24, 2.45) is 10.4 Å². The van der Waals surface area contributed by atoms with Gasteiger partial charge in [0.25, 0.3) is 0 Å². The summed E-state index contributed by atoms with van der Waals surface area (Å²) < 4.78 is 11.3. The van der Waals surface area contributed by atoms with E-state index in [4.69, 9.17) is 9.47 Å². The Morgan fingerprint density at radius 3 is 2.73 bits per heavy atom. The molecule has 7 nitrogen and oxygen atoms in total. The van der Waals surface area contributed by atoms with Crippen LogP contribution in [0.25, 0.3) is 0 Å². The van der Waals surface area contributed by atoms with Crippen molar-refractivity contribution in [2.45, 2.75) is 38.1 Å². The van der Waals surface area contributed by atoms with Crippen LogP contribution in [0.5, 0.6) is 5.75 Å². The van der Waals surface area contributed by atoms with Crippen molar-refractivity contribution < 1.29 is 14.6 Å². The highest BCUT2D eigenvalue weighted by atomic mass is 16.5. The van der Waals surface area contributed by atoms with E-state index in [1.165, 1.54) is 24.8 Å². The van der Waals surface area contributed by atoms with Crippen molar-refractivity contribution in [3.05, 3.63) is 29.8 Å². The third-order valence-corrected chi connectivity index (χ3v) is 6.47. The van der Waals surface area contributed by atoms with Gasteiger partial charge in [-0.1, -0.05) is 24.6 Å². The Morgan fingerprint density at radius 2 is 2.07 bits per heavy atom. The fourth-order valence-electron chi connectivity index (χ4n) is 4.60. The van der Waals surface area contributed by atoms with Crippen LogP contribution in [-0.4, -0.2) is 76.1 Å². The van der Waals surface area contributed by atoms with Crippen LogP contribution in [-0.2, 0) is 4.74 Å². The number of benzene rings is 1. The zero-order valence-electron chi connectivity index (χ0n) is 18.5. The van der Waals surface area contributed by atoms with Gasteiger partial charge in [-0.3, -0.25) is 9.89 Å². The average molecular weight is 419 g/mol. The van der Waals surface area contributed by atoms with Crippen LogP contribution in [0.2, 0.25) is 0 Å². The van der Waals surface area contributed by atoms with Gasteiger partial charge < -0.3 is 25.2 Å². The maximum atomic E-state index is 9.46. The number of piperidine rings is 1. The Kier molecular flexibility index (Phi) is 8.78. The van der Waals surface area contributed by atoms with Crippen molar-refractivity contribution >= 4 is 5.96 Å². The van der Waals surface area contributed by atoms with Crippen LogP contribution in [0.1, 0.15) is 43.7 Å². The second-order valence-electron chi connectivity index (χ2n) is 8.44. The molecule has 7 heteroatoms. The summed E-state index contributed by atoms with van der Waals surface area (Å²) in [4.78, 5) is 6.99. The molecule has 2 saturated heterocycles. The lowest BCUT2D eigenvalue weighted by atomic mass is 9.84. The number of likely N-dealkylation sites (tertiary alicyclic amines) is 1. The molecule has 0 spiro atoms. The van der Waals surface area contributed by atoms with E-state index in [1.54, 1.807) is 14.2 Å². The van der Waals surface area contributed by atoms with Gasteiger partial charge in [-0.25, -0.2) is 0 Å². The fourth-order valence-corrected chi connectivity index (χ4v) is 4.60. The Labute approximate surface area is 180 Å². The zero-order valence-corrected chi connectivity index (χ0v) is 18.5. The number of aliphatic imine (C=N–C) groups is 1. The minimum atomic E-state index is -0.0126. The molecule has 3 rings (SSSR count). The van der Waals surface area contributed by atoms with Crippen molar-refractivity contribution in [1.29, 1.82) is 0 Å².